The molecule has 1 amide bonds. The Morgan fingerprint density at radius 3 is 2.81 bits per heavy atom. The summed E-state index contributed by atoms with van der Waals surface area (Å²) in [5.41, 5.74) is 0.994. The number of benzene rings is 1. The first-order valence-electron chi connectivity index (χ1n) is 4.72. The number of carboxylic acids is 1. The largest absolute Gasteiger partial charge is 0.481 e. The second kappa shape index (κ2) is 5.25. The molecule has 1 atom stereocenters. The highest BCUT2D eigenvalue weighted by atomic mass is 19.1. The molecule has 0 fully saturated rings. The van der Waals surface area contributed by atoms with Gasteiger partial charge < -0.3 is 10.4 Å². The quantitative estimate of drug-likeness (QED) is 0.744. The standard InChI is InChI=1S/C11H12FNO3/c1-7-4-8(2-3-9(7)12)10(13-6-14)5-11(15)16/h2-4,6,10H,5H2,1H3,(H,13,14)(H,15,16)/t10-/m0/s1. The summed E-state index contributed by atoms with van der Waals surface area (Å²) >= 11 is 0. The van der Waals surface area contributed by atoms with Crippen LogP contribution in [0.1, 0.15) is 23.6 Å². The molecule has 86 valence electrons. The van der Waals surface area contributed by atoms with E-state index in [1.165, 1.54) is 18.2 Å². The van der Waals surface area contributed by atoms with Crippen molar-refractivity contribution in [3.63, 3.8) is 0 Å². The first-order chi connectivity index (χ1) is 7.54. The first-order valence-corrected chi connectivity index (χ1v) is 4.72. The number of nitrogens with one attached hydrogen (secondary N) is 1. The van der Waals surface area contributed by atoms with Gasteiger partial charge in [-0.3, -0.25) is 9.59 Å². The number of rotatable bonds is 5. The highest BCUT2D eigenvalue weighted by Gasteiger charge is 2.15. The molecule has 16 heavy (non-hydrogen) atoms. The Bertz CT molecular complexity index is 406. The van der Waals surface area contributed by atoms with Crippen molar-refractivity contribution in [3.05, 3.63) is 35.1 Å². The molecule has 1 aromatic rings. The number of halogens is 1. The lowest BCUT2D eigenvalue weighted by atomic mass is 10.0. The van der Waals surface area contributed by atoms with Crippen LogP contribution in [0.15, 0.2) is 18.2 Å². The fraction of sp³-hybridized carbons (Fsp3) is 0.273. The maximum atomic E-state index is 13.0. The number of carbonyl (C=O) groups excluding carboxylic acids is 1. The average molecular weight is 225 g/mol. The van der Waals surface area contributed by atoms with Gasteiger partial charge >= 0.3 is 5.97 Å². The van der Waals surface area contributed by atoms with Gasteiger partial charge in [0.15, 0.2) is 0 Å². The molecule has 0 radical (unpaired) electrons. The Hall–Kier alpha value is -1.91. The van der Waals surface area contributed by atoms with Crippen LogP contribution in [-0.2, 0) is 9.59 Å². The van der Waals surface area contributed by atoms with Crippen LogP contribution in [0.25, 0.3) is 0 Å². The Morgan fingerprint density at radius 1 is 1.62 bits per heavy atom. The highest BCUT2D eigenvalue weighted by Crippen LogP contribution is 2.19. The van der Waals surface area contributed by atoms with E-state index in [1.807, 2.05) is 0 Å². The molecule has 0 aliphatic rings. The monoisotopic (exact) mass is 225 g/mol. The van der Waals surface area contributed by atoms with E-state index < -0.39 is 12.0 Å². The van der Waals surface area contributed by atoms with Crippen LogP contribution in [0.3, 0.4) is 0 Å². The Balaban J connectivity index is 2.95. The number of carbonyl (C=O) groups is 2. The normalized spacial score (nSPS) is 11.9. The maximum Gasteiger partial charge on any atom is 0.305 e. The minimum atomic E-state index is -1.03. The van der Waals surface area contributed by atoms with Crippen LogP contribution in [0, 0.1) is 12.7 Å². The summed E-state index contributed by atoms with van der Waals surface area (Å²) in [6.45, 7) is 1.58. The number of amides is 1. The predicted molar refractivity (Wildman–Crippen MR) is 55.3 cm³/mol. The van der Waals surface area contributed by atoms with E-state index in [2.05, 4.69) is 5.32 Å². The van der Waals surface area contributed by atoms with Crippen LogP contribution in [0.4, 0.5) is 4.39 Å². The van der Waals surface area contributed by atoms with Crippen LogP contribution in [0.2, 0.25) is 0 Å². The molecule has 0 saturated heterocycles. The van der Waals surface area contributed by atoms with Gasteiger partial charge in [-0.25, -0.2) is 4.39 Å². The number of hydrogen-bond acceptors (Lipinski definition) is 2. The predicted octanol–water partition coefficient (Wildman–Crippen LogP) is 1.40. The first kappa shape index (κ1) is 12.2. The summed E-state index contributed by atoms with van der Waals surface area (Å²) in [4.78, 5) is 20.9. The van der Waals surface area contributed by atoms with Crippen molar-refractivity contribution < 1.29 is 19.1 Å². The molecule has 0 heterocycles. The van der Waals surface area contributed by atoms with Crippen molar-refractivity contribution in [1.82, 2.24) is 5.32 Å². The smallest absolute Gasteiger partial charge is 0.305 e. The molecule has 2 N–H and O–H groups in total. The Morgan fingerprint density at radius 2 is 2.31 bits per heavy atom. The van der Waals surface area contributed by atoms with Crippen molar-refractivity contribution in [2.45, 2.75) is 19.4 Å². The fourth-order valence-corrected chi connectivity index (χ4v) is 1.41. The molecule has 0 aliphatic heterocycles. The van der Waals surface area contributed by atoms with Gasteiger partial charge in [-0.05, 0) is 24.1 Å². The molecule has 0 saturated carbocycles. The van der Waals surface area contributed by atoms with Gasteiger partial charge in [0.05, 0.1) is 12.5 Å². The van der Waals surface area contributed by atoms with E-state index in [1.54, 1.807) is 6.92 Å². The second-order valence-electron chi connectivity index (χ2n) is 3.44. The zero-order valence-electron chi connectivity index (χ0n) is 8.74. The summed E-state index contributed by atoms with van der Waals surface area (Å²) < 4.78 is 13.0. The lowest BCUT2D eigenvalue weighted by Crippen LogP contribution is -2.22. The van der Waals surface area contributed by atoms with Gasteiger partial charge in [-0.1, -0.05) is 12.1 Å². The van der Waals surface area contributed by atoms with Gasteiger partial charge in [0.2, 0.25) is 6.41 Å². The number of aliphatic carboxylic acids is 1. The molecule has 4 nitrogen and oxygen atoms in total. The Labute approximate surface area is 92.1 Å². The SMILES string of the molecule is Cc1cc([C@H](CC(=O)O)NC=O)ccc1F. The van der Waals surface area contributed by atoms with Crippen molar-refractivity contribution >= 4 is 12.4 Å². The molecular formula is C11H12FNO3. The topological polar surface area (TPSA) is 66.4 Å². The van der Waals surface area contributed by atoms with E-state index in [9.17, 15) is 14.0 Å². The lowest BCUT2D eigenvalue weighted by Gasteiger charge is -2.14. The van der Waals surface area contributed by atoms with Crippen molar-refractivity contribution in [2.75, 3.05) is 0 Å². The number of aryl methyl sites for hydroxylation is 1. The van der Waals surface area contributed by atoms with Crippen LogP contribution in [-0.4, -0.2) is 17.5 Å². The third kappa shape index (κ3) is 3.05. The summed E-state index contributed by atoms with van der Waals surface area (Å²) in [5, 5.41) is 11.1. The Kier molecular flexibility index (Phi) is 3.99. The minimum absolute atomic E-state index is 0.232. The molecule has 5 heteroatoms. The molecule has 0 bridgehead atoms. The van der Waals surface area contributed by atoms with E-state index in [-0.39, 0.29) is 12.2 Å². The molecular weight excluding hydrogens is 213 g/mol. The molecule has 0 aliphatic carbocycles. The lowest BCUT2D eigenvalue weighted by molar-refractivity contribution is -0.137. The van der Waals surface area contributed by atoms with E-state index >= 15 is 0 Å². The van der Waals surface area contributed by atoms with E-state index in [4.69, 9.17) is 5.11 Å². The zero-order chi connectivity index (χ0) is 12.1. The average Bonchev–Trinajstić information content (AvgIpc) is 2.21. The zero-order valence-corrected chi connectivity index (χ0v) is 8.74. The van der Waals surface area contributed by atoms with Gasteiger partial charge in [-0.2, -0.15) is 0 Å². The molecule has 1 aromatic carbocycles. The summed E-state index contributed by atoms with van der Waals surface area (Å²) in [5.74, 6) is -1.38. The molecule has 0 aromatic heterocycles. The summed E-state index contributed by atoms with van der Waals surface area (Å²) in [7, 11) is 0. The highest BCUT2D eigenvalue weighted by molar-refractivity contribution is 5.68. The maximum absolute atomic E-state index is 13.0. The second-order valence-corrected chi connectivity index (χ2v) is 3.44. The third-order valence-corrected chi connectivity index (χ3v) is 2.23. The van der Waals surface area contributed by atoms with E-state index in [0.717, 1.165) is 0 Å². The third-order valence-electron chi connectivity index (χ3n) is 2.23. The number of carboxylic acid groups (broad SMARTS) is 1. The minimum Gasteiger partial charge on any atom is -0.481 e. The molecule has 0 spiro atoms. The van der Waals surface area contributed by atoms with Gasteiger partial charge in [0.25, 0.3) is 0 Å². The van der Waals surface area contributed by atoms with Gasteiger partial charge in [0.1, 0.15) is 5.82 Å². The van der Waals surface area contributed by atoms with E-state index in [0.29, 0.717) is 17.5 Å². The summed E-state index contributed by atoms with van der Waals surface area (Å²) in [6.07, 6.45) is 0.204. The van der Waals surface area contributed by atoms with Crippen LogP contribution < -0.4 is 5.32 Å². The van der Waals surface area contributed by atoms with Crippen LogP contribution in [0.5, 0.6) is 0 Å². The van der Waals surface area contributed by atoms with Crippen LogP contribution >= 0.6 is 0 Å². The molecule has 1 rings (SSSR count). The fourth-order valence-electron chi connectivity index (χ4n) is 1.41. The van der Waals surface area contributed by atoms with Gasteiger partial charge in [0, 0.05) is 0 Å². The van der Waals surface area contributed by atoms with Gasteiger partial charge in [-0.15, -0.1) is 0 Å². The van der Waals surface area contributed by atoms with Crippen molar-refractivity contribution in [3.8, 4) is 0 Å². The van der Waals surface area contributed by atoms with Crippen molar-refractivity contribution in [1.29, 1.82) is 0 Å². The molecule has 0 unspecified atom stereocenters. The summed E-state index contributed by atoms with van der Waals surface area (Å²) in [6, 6.07) is 3.62. The number of hydrogen-bond donors (Lipinski definition) is 2. The van der Waals surface area contributed by atoms with Crippen molar-refractivity contribution in [2.24, 2.45) is 0 Å².